The first-order valence-corrected chi connectivity index (χ1v) is 5.26. The average Bonchev–Trinajstić information content (AvgIpc) is 2.27. The van der Waals surface area contributed by atoms with E-state index in [0.29, 0.717) is 11.1 Å². The van der Waals surface area contributed by atoms with E-state index in [4.69, 9.17) is 0 Å². The SMILES string of the molecule is CC1=C(F)C2=C(F)C(F)=C(C)C(C)C2C=C1. The first-order chi connectivity index (χ1) is 7.45. The Labute approximate surface area is 92.8 Å². The van der Waals surface area contributed by atoms with Crippen molar-refractivity contribution in [2.45, 2.75) is 20.8 Å². The zero-order valence-electron chi connectivity index (χ0n) is 9.44. The standard InChI is InChI=1S/C13H13F3/c1-6-4-5-9-7(2)8(3)12(15)13(16)10(9)11(6)14/h4-5,7,9H,1-3H3. The van der Waals surface area contributed by atoms with Crippen LogP contribution in [0.4, 0.5) is 13.2 Å². The summed E-state index contributed by atoms with van der Waals surface area (Å²) in [6, 6.07) is 0. The molecule has 0 aliphatic heterocycles. The number of allylic oxidation sites excluding steroid dienone is 8. The van der Waals surface area contributed by atoms with E-state index in [1.54, 1.807) is 32.9 Å². The molecule has 2 unspecified atom stereocenters. The lowest BCUT2D eigenvalue weighted by Gasteiger charge is -2.31. The first kappa shape index (κ1) is 11.2. The Morgan fingerprint density at radius 2 is 1.62 bits per heavy atom. The second kappa shape index (κ2) is 3.65. The molecular formula is C13H13F3. The minimum absolute atomic E-state index is 0.129. The van der Waals surface area contributed by atoms with E-state index >= 15 is 0 Å². The van der Waals surface area contributed by atoms with Gasteiger partial charge in [0.1, 0.15) is 5.83 Å². The molecule has 2 rings (SSSR count). The molecule has 0 saturated carbocycles. The Balaban J connectivity index is 2.66. The Hall–Kier alpha value is -1.25. The third kappa shape index (κ3) is 1.38. The van der Waals surface area contributed by atoms with Crippen LogP contribution in [0.2, 0.25) is 0 Å². The summed E-state index contributed by atoms with van der Waals surface area (Å²) in [5.41, 5.74) is 0.569. The highest BCUT2D eigenvalue weighted by Gasteiger charge is 2.36. The molecule has 0 fully saturated rings. The first-order valence-electron chi connectivity index (χ1n) is 5.26. The summed E-state index contributed by atoms with van der Waals surface area (Å²) in [6.45, 7) is 4.88. The van der Waals surface area contributed by atoms with Crippen molar-refractivity contribution in [1.29, 1.82) is 0 Å². The van der Waals surface area contributed by atoms with Crippen LogP contribution in [0.5, 0.6) is 0 Å². The zero-order chi connectivity index (χ0) is 12.0. The highest BCUT2D eigenvalue weighted by molar-refractivity contribution is 5.51. The van der Waals surface area contributed by atoms with Crippen LogP contribution in [0.1, 0.15) is 20.8 Å². The fourth-order valence-corrected chi connectivity index (χ4v) is 2.20. The van der Waals surface area contributed by atoms with Crippen LogP contribution in [0.15, 0.2) is 46.4 Å². The average molecular weight is 226 g/mol. The number of rotatable bonds is 0. The van der Waals surface area contributed by atoms with Crippen LogP contribution in [-0.2, 0) is 0 Å². The topological polar surface area (TPSA) is 0 Å². The molecule has 3 heteroatoms. The molecule has 2 aliphatic carbocycles. The van der Waals surface area contributed by atoms with Gasteiger partial charge in [-0.2, -0.15) is 0 Å². The summed E-state index contributed by atoms with van der Waals surface area (Å²) in [6.07, 6.45) is 3.37. The molecule has 86 valence electrons. The Kier molecular flexibility index (Phi) is 2.56. The van der Waals surface area contributed by atoms with E-state index in [9.17, 15) is 13.2 Å². The maximum atomic E-state index is 13.8. The molecule has 0 aromatic heterocycles. The molecule has 0 amide bonds. The van der Waals surface area contributed by atoms with E-state index < -0.39 is 17.5 Å². The lowest BCUT2D eigenvalue weighted by molar-refractivity contribution is 0.423. The number of fused-ring (bicyclic) bond motifs is 1. The lowest BCUT2D eigenvalue weighted by Crippen LogP contribution is -2.22. The summed E-state index contributed by atoms with van der Waals surface area (Å²) in [5, 5.41) is 0. The predicted molar refractivity (Wildman–Crippen MR) is 57.5 cm³/mol. The van der Waals surface area contributed by atoms with Crippen molar-refractivity contribution in [2.75, 3.05) is 0 Å². The van der Waals surface area contributed by atoms with Gasteiger partial charge < -0.3 is 0 Å². The maximum absolute atomic E-state index is 13.8. The normalized spacial score (nSPS) is 30.1. The fourth-order valence-electron chi connectivity index (χ4n) is 2.20. The molecule has 2 aliphatic rings. The van der Waals surface area contributed by atoms with Crippen molar-refractivity contribution in [3.8, 4) is 0 Å². The molecule has 0 bridgehead atoms. The summed E-state index contributed by atoms with van der Waals surface area (Å²) in [5.74, 6) is -3.16. The van der Waals surface area contributed by atoms with E-state index in [1.165, 1.54) is 0 Å². The number of hydrogen-bond acceptors (Lipinski definition) is 0. The molecule has 2 atom stereocenters. The maximum Gasteiger partial charge on any atom is 0.165 e. The predicted octanol–water partition coefficient (Wildman–Crippen LogP) is 4.53. The van der Waals surface area contributed by atoms with E-state index in [0.717, 1.165) is 0 Å². The van der Waals surface area contributed by atoms with Gasteiger partial charge in [-0.25, -0.2) is 13.2 Å². The minimum atomic E-state index is -1.04. The molecule has 0 heterocycles. The van der Waals surface area contributed by atoms with Crippen molar-refractivity contribution >= 4 is 0 Å². The van der Waals surface area contributed by atoms with Gasteiger partial charge in [-0.15, -0.1) is 0 Å². The minimum Gasteiger partial charge on any atom is -0.206 e. The monoisotopic (exact) mass is 226 g/mol. The molecule has 16 heavy (non-hydrogen) atoms. The third-order valence-corrected chi connectivity index (χ3v) is 3.47. The molecular weight excluding hydrogens is 213 g/mol. The third-order valence-electron chi connectivity index (χ3n) is 3.47. The van der Waals surface area contributed by atoms with E-state index in [1.807, 2.05) is 0 Å². The second-order valence-electron chi connectivity index (χ2n) is 4.40. The Morgan fingerprint density at radius 1 is 1.00 bits per heavy atom. The van der Waals surface area contributed by atoms with Crippen LogP contribution >= 0.6 is 0 Å². The van der Waals surface area contributed by atoms with Crippen molar-refractivity contribution in [1.82, 2.24) is 0 Å². The van der Waals surface area contributed by atoms with Gasteiger partial charge in [0.2, 0.25) is 0 Å². The Bertz CT molecular complexity index is 464. The van der Waals surface area contributed by atoms with Crippen LogP contribution in [0.25, 0.3) is 0 Å². The van der Waals surface area contributed by atoms with Crippen LogP contribution in [-0.4, -0.2) is 0 Å². The van der Waals surface area contributed by atoms with Crippen LogP contribution < -0.4 is 0 Å². The zero-order valence-corrected chi connectivity index (χ0v) is 9.44. The van der Waals surface area contributed by atoms with Gasteiger partial charge in [-0.3, -0.25) is 0 Å². The largest absolute Gasteiger partial charge is 0.206 e. The van der Waals surface area contributed by atoms with E-state index in [-0.39, 0.29) is 17.4 Å². The molecule has 0 aromatic carbocycles. The lowest BCUT2D eigenvalue weighted by atomic mass is 9.75. The fraction of sp³-hybridized carbons (Fsp3) is 0.385. The Morgan fingerprint density at radius 3 is 2.25 bits per heavy atom. The van der Waals surface area contributed by atoms with Gasteiger partial charge in [0.25, 0.3) is 0 Å². The molecule has 0 nitrogen and oxygen atoms in total. The van der Waals surface area contributed by atoms with Gasteiger partial charge >= 0.3 is 0 Å². The van der Waals surface area contributed by atoms with Crippen molar-refractivity contribution in [3.63, 3.8) is 0 Å². The summed E-state index contributed by atoms with van der Waals surface area (Å²) in [4.78, 5) is 0. The molecule has 0 radical (unpaired) electrons. The van der Waals surface area contributed by atoms with Gasteiger partial charge in [-0.05, 0) is 30.9 Å². The number of halogens is 3. The highest BCUT2D eigenvalue weighted by atomic mass is 19.2. The second-order valence-corrected chi connectivity index (χ2v) is 4.40. The van der Waals surface area contributed by atoms with Gasteiger partial charge in [0, 0.05) is 11.5 Å². The van der Waals surface area contributed by atoms with Crippen molar-refractivity contribution < 1.29 is 13.2 Å². The van der Waals surface area contributed by atoms with Gasteiger partial charge in [-0.1, -0.05) is 19.1 Å². The molecule has 0 aromatic rings. The highest BCUT2D eigenvalue weighted by Crippen LogP contribution is 2.46. The van der Waals surface area contributed by atoms with Crippen LogP contribution in [0, 0.1) is 11.8 Å². The summed E-state index contributed by atoms with van der Waals surface area (Å²) < 4.78 is 41.0. The molecule has 0 N–H and O–H groups in total. The summed E-state index contributed by atoms with van der Waals surface area (Å²) in [7, 11) is 0. The number of hydrogen-bond donors (Lipinski definition) is 0. The van der Waals surface area contributed by atoms with E-state index in [2.05, 4.69) is 0 Å². The quantitative estimate of drug-likeness (QED) is 0.569. The summed E-state index contributed by atoms with van der Waals surface area (Å²) >= 11 is 0. The van der Waals surface area contributed by atoms with Crippen LogP contribution in [0.3, 0.4) is 0 Å². The van der Waals surface area contributed by atoms with Gasteiger partial charge in [0.15, 0.2) is 11.7 Å². The molecule has 0 spiro atoms. The van der Waals surface area contributed by atoms with Gasteiger partial charge in [0.05, 0.1) is 0 Å². The smallest absolute Gasteiger partial charge is 0.165 e. The van der Waals surface area contributed by atoms with Crippen molar-refractivity contribution in [3.05, 3.63) is 46.4 Å². The van der Waals surface area contributed by atoms with Crippen molar-refractivity contribution in [2.24, 2.45) is 11.8 Å². The molecule has 0 saturated heterocycles.